The van der Waals surface area contributed by atoms with Crippen LogP contribution in [0.2, 0.25) is 0 Å². The monoisotopic (exact) mass is 303 g/mol. The number of fused-ring (bicyclic) bond motifs is 1. The van der Waals surface area contributed by atoms with Gasteiger partial charge in [-0.25, -0.2) is 0 Å². The molecule has 1 amide bonds. The molecule has 0 radical (unpaired) electrons. The number of phenols is 1. The van der Waals surface area contributed by atoms with Gasteiger partial charge in [-0.3, -0.25) is 4.79 Å². The van der Waals surface area contributed by atoms with Gasteiger partial charge in [-0.05, 0) is 69.1 Å². The van der Waals surface area contributed by atoms with Gasteiger partial charge in [-0.2, -0.15) is 0 Å². The van der Waals surface area contributed by atoms with Gasteiger partial charge in [0.15, 0.2) is 0 Å². The van der Waals surface area contributed by atoms with Gasteiger partial charge < -0.3 is 15.1 Å². The molecule has 4 nitrogen and oxygen atoms in total. The van der Waals surface area contributed by atoms with Crippen LogP contribution in [0.25, 0.3) is 0 Å². The highest BCUT2D eigenvalue weighted by Crippen LogP contribution is 2.36. The highest BCUT2D eigenvalue weighted by molar-refractivity contribution is 5.98. The van der Waals surface area contributed by atoms with E-state index in [4.69, 9.17) is 0 Å². The number of hydrogen-bond acceptors (Lipinski definition) is 3. The van der Waals surface area contributed by atoms with Crippen molar-refractivity contribution in [1.29, 1.82) is 0 Å². The van der Waals surface area contributed by atoms with Gasteiger partial charge in [0.05, 0.1) is 5.60 Å². The highest BCUT2D eigenvalue weighted by atomic mass is 16.3. The van der Waals surface area contributed by atoms with E-state index in [0.717, 1.165) is 37.8 Å². The third-order valence-corrected chi connectivity index (χ3v) is 5.30. The molecular formula is C18H25NO3. The number of benzene rings is 1. The van der Waals surface area contributed by atoms with Gasteiger partial charge in [-0.1, -0.05) is 6.07 Å². The number of rotatable bonds is 3. The molecule has 1 aliphatic heterocycles. The highest BCUT2D eigenvalue weighted by Gasteiger charge is 2.34. The number of amides is 1. The molecule has 1 saturated carbocycles. The minimum atomic E-state index is -0.595. The molecule has 1 aromatic carbocycles. The molecule has 22 heavy (non-hydrogen) atoms. The lowest BCUT2D eigenvalue weighted by Gasteiger charge is -2.36. The molecule has 0 bridgehead atoms. The van der Waals surface area contributed by atoms with Crippen molar-refractivity contribution >= 4 is 5.91 Å². The van der Waals surface area contributed by atoms with Gasteiger partial charge in [0.2, 0.25) is 0 Å². The number of hydrogen-bond donors (Lipinski definition) is 2. The Balaban J connectivity index is 1.59. The fourth-order valence-electron chi connectivity index (χ4n) is 3.86. The van der Waals surface area contributed by atoms with Crippen molar-refractivity contribution in [3.63, 3.8) is 0 Å². The van der Waals surface area contributed by atoms with E-state index in [1.165, 1.54) is 0 Å². The van der Waals surface area contributed by atoms with Crippen LogP contribution in [0.1, 0.15) is 55.5 Å². The van der Waals surface area contributed by atoms with Crippen molar-refractivity contribution in [2.24, 2.45) is 11.8 Å². The molecule has 1 fully saturated rings. The lowest BCUT2D eigenvalue weighted by molar-refractivity contribution is -0.00800. The molecule has 2 N–H and O–H groups in total. The number of aliphatic hydroxyl groups is 1. The van der Waals surface area contributed by atoms with Crippen LogP contribution in [0.3, 0.4) is 0 Å². The summed E-state index contributed by atoms with van der Waals surface area (Å²) < 4.78 is 0. The first-order chi connectivity index (χ1) is 10.3. The summed E-state index contributed by atoms with van der Waals surface area (Å²) in [5, 5.41) is 19.6. The van der Waals surface area contributed by atoms with Gasteiger partial charge in [0, 0.05) is 18.7 Å². The zero-order valence-corrected chi connectivity index (χ0v) is 13.4. The van der Waals surface area contributed by atoms with Crippen LogP contribution >= 0.6 is 0 Å². The maximum Gasteiger partial charge on any atom is 0.254 e. The first-order valence-corrected chi connectivity index (χ1v) is 8.18. The quantitative estimate of drug-likeness (QED) is 0.902. The van der Waals surface area contributed by atoms with E-state index in [9.17, 15) is 15.0 Å². The van der Waals surface area contributed by atoms with Crippen LogP contribution in [-0.2, 0) is 6.54 Å². The Morgan fingerprint density at radius 2 is 1.91 bits per heavy atom. The fraction of sp³-hybridized carbons (Fsp3) is 0.611. The van der Waals surface area contributed by atoms with Crippen molar-refractivity contribution in [1.82, 2.24) is 4.90 Å². The second-order valence-corrected chi connectivity index (χ2v) is 7.40. The summed E-state index contributed by atoms with van der Waals surface area (Å²) in [6.45, 7) is 5.23. The molecule has 0 unspecified atom stereocenters. The van der Waals surface area contributed by atoms with E-state index in [2.05, 4.69) is 0 Å². The van der Waals surface area contributed by atoms with E-state index in [1.807, 2.05) is 24.8 Å². The molecule has 120 valence electrons. The lowest BCUT2D eigenvalue weighted by atomic mass is 9.75. The molecule has 1 aromatic rings. The molecular weight excluding hydrogens is 278 g/mol. The summed E-state index contributed by atoms with van der Waals surface area (Å²) in [6.07, 6.45) is 4.20. The zero-order valence-electron chi connectivity index (χ0n) is 13.4. The van der Waals surface area contributed by atoms with Crippen LogP contribution in [0.4, 0.5) is 0 Å². The predicted molar refractivity (Wildman–Crippen MR) is 84.6 cm³/mol. The summed E-state index contributed by atoms with van der Waals surface area (Å²) in [7, 11) is 0. The smallest absolute Gasteiger partial charge is 0.254 e. The van der Waals surface area contributed by atoms with Crippen molar-refractivity contribution in [3.8, 4) is 5.75 Å². The number of nitrogens with zero attached hydrogens (tertiary/aromatic N) is 1. The Labute approximate surface area is 131 Å². The fourth-order valence-corrected chi connectivity index (χ4v) is 3.86. The van der Waals surface area contributed by atoms with Crippen LogP contribution < -0.4 is 0 Å². The Hall–Kier alpha value is -1.55. The Kier molecular flexibility index (Phi) is 3.89. The summed E-state index contributed by atoms with van der Waals surface area (Å²) in [5.74, 6) is 1.08. The minimum Gasteiger partial charge on any atom is -0.508 e. The van der Waals surface area contributed by atoms with Gasteiger partial charge in [0.25, 0.3) is 5.91 Å². The molecule has 0 aromatic heterocycles. The largest absolute Gasteiger partial charge is 0.508 e. The van der Waals surface area contributed by atoms with Crippen LogP contribution in [-0.4, -0.2) is 33.2 Å². The van der Waals surface area contributed by atoms with Gasteiger partial charge in [-0.15, -0.1) is 0 Å². The standard InChI is InChI=1S/C18H25NO3/c1-18(2,22)14-6-3-12(4-7-14)10-19-11-13-5-8-15(20)9-16(13)17(19)21/h5,8-9,12,14,20,22H,3-4,6-7,10-11H2,1-2H3/t12-,14-. The number of carbonyl (C=O) groups excluding carboxylic acids is 1. The zero-order chi connectivity index (χ0) is 15.9. The number of phenolic OH excluding ortho intramolecular Hbond substituents is 1. The summed E-state index contributed by atoms with van der Waals surface area (Å²) >= 11 is 0. The normalized spacial score (nSPS) is 25.4. The molecule has 4 heteroatoms. The van der Waals surface area contributed by atoms with E-state index < -0.39 is 5.60 Å². The van der Waals surface area contributed by atoms with Gasteiger partial charge >= 0.3 is 0 Å². The van der Waals surface area contributed by atoms with Crippen molar-refractivity contribution in [2.75, 3.05) is 6.54 Å². The SMILES string of the molecule is CC(C)(O)[C@H]1CC[C@H](CN2Cc3ccc(O)cc3C2=O)CC1. The molecule has 1 aliphatic carbocycles. The molecule has 1 heterocycles. The summed E-state index contributed by atoms with van der Waals surface area (Å²) in [6, 6.07) is 5.06. The maximum atomic E-state index is 12.4. The molecule has 2 aliphatic rings. The summed E-state index contributed by atoms with van der Waals surface area (Å²) in [5.41, 5.74) is 1.06. The van der Waals surface area contributed by atoms with Crippen LogP contribution in [0.15, 0.2) is 18.2 Å². The minimum absolute atomic E-state index is 0.0375. The van der Waals surface area contributed by atoms with Gasteiger partial charge in [0.1, 0.15) is 5.75 Å². The Morgan fingerprint density at radius 1 is 1.23 bits per heavy atom. The van der Waals surface area contributed by atoms with Crippen LogP contribution in [0, 0.1) is 11.8 Å². The summed E-state index contributed by atoms with van der Waals surface area (Å²) in [4.78, 5) is 14.3. The average Bonchev–Trinajstić information content (AvgIpc) is 2.75. The third kappa shape index (κ3) is 2.98. The molecule has 0 spiro atoms. The van der Waals surface area contributed by atoms with Crippen molar-refractivity contribution in [2.45, 2.75) is 51.7 Å². The first-order valence-electron chi connectivity index (χ1n) is 8.18. The second kappa shape index (κ2) is 5.58. The van der Waals surface area contributed by atoms with E-state index in [0.29, 0.717) is 23.9 Å². The van der Waals surface area contributed by atoms with E-state index in [-0.39, 0.29) is 11.7 Å². The maximum absolute atomic E-state index is 12.4. The molecule has 0 atom stereocenters. The van der Waals surface area contributed by atoms with Crippen molar-refractivity contribution in [3.05, 3.63) is 29.3 Å². The van der Waals surface area contributed by atoms with Crippen LogP contribution in [0.5, 0.6) is 5.75 Å². The first kappa shape index (κ1) is 15.3. The van der Waals surface area contributed by atoms with Crippen molar-refractivity contribution < 1.29 is 15.0 Å². The topological polar surface area (TPSA) is 60.8 Å². The predicted octanol–water partition coefficient (Wildman–Crippen LogP) is 2.93. The average molecular weight is 303 g/mol. The Bertz CT molecular complexity index is 568. The number of aromatic hydroxyl groups is 1. The molecule has 3 rings (SSSR count). The third-order valence-electron chi connectivity index (χ3n) is 5.30. The van der Waals surface area contributed by atoms with E-state index >= 15 is 0 Å². The lowest BCUT2D eigenvalue weighted by Crippen LogP contribution is -2.37. The Morgan fingerprint density at radius 3 is 2.55 bits per heavy atom. The van der Waals surface area contributed by atoms with E-state index in [1.54, 1.807) is 12.1 Å². The second-order valence-electron chi connectivity index (χ2n) is 7.40. The number of carbonyl (C=O) groups is 1. The molecule has 0 saturated heterocycles.